The van der Waals surface area contributed by atoms with Crippen LogP contribution < -0.4 is 5.73 Å². The molecule has 0 unspecified atom stereocenters. The average Bonchev–Trinajstić information content (AvgIpc) is 2.95. The third-order valence-corrected chi connectivity index (χ3v) is 3.02. The van der Waals surface area contributed by atoms with Gasteiger partial charge in [-0.05, 0) is 36.8 Å². The molecule has 1 aromatic rings. The Balaban J connectivity index is 2.65. The van der Waals surface area contributed by atoms with E-state index < -0.39 is 5.97 Å². The van der Waals surface area contributed by atoms with Crippen molar-refractivity contribution < 1.29 is 9.90 Å². The first-order valence-electron chi connectivity index (χ1n) is 4.71. The van der Waals surface area contributed by atoms with Crippen LogP contribution in [0.25, 0.3) is 0 Å². The summed E-state index contributed by atoms with van der Waals surface area (Å²) in [5, 5.41) is 9.15. The number of pyridine rings is 1. The third kappa shape index (κ3) is 1.65. The van der Waals surface area contributed by atoms with Crippen molar-refractivity contribution in [1.29, 1.82) is 0 Å². The highest BCUT2D eigenvalue weighted by atomic mass is 35.5. The molecule has 0 spiro atoms. The summed E-state index contributed by atoms with van der Waals surface area (Å²) in [5.41, 5.74) is 7.61. The molecule has 0 aromatic carbocycles. The Hall–Kier alpha value is -1.29. The van der Waals surface area contributed by atoms with E-state index in [2.05, 4.69) is 4.98 Å². The number of rotatable bonds is 2. The van der Waals surface area contributed by atoms with Crippen LogP contribution in [0, 0.1) is 6.92 Å². The van der Waals surface area contributed by atoms with E-state index in [1.54, 1.807) is 0 Å². The average molecular weight is 227 g/mol. The Bertz CT molecular complexity index is 442. The molecule has 80 valence electrons. The first kappa shape index (κ1) is 10.2. The molecule has 0 amide bonds. The molecule has 0 saturated heterocycles. The zero-order valence-electron chi connectivity index (χ0n) is 8.25. The molecule has 0 atom stereocenters. The molecule has 0 bridgehead atoms. The molecule has 0 aliphatic heterocycles. The Labute approximate surface area is 92.1 Å². The predicted octanol–water partition coefficient (Wildman–Crippen LogP) is 2.20. The minimum absolute atomic E-state index is 0.132. The fourth-order valence-electron chi connectivity index (χ4n) is 1.74. The molecule has 3 N–H and O–H groups in total. The number of carbonyl (C=O) groups is 1. The zero-order chi connectivity index (χ0) is 11.2. The Morgan fingerprint density at radius 1 is 1.60 bits per heavy atom. The molecule has 2 rings (SSSR count). The van der Waals surface area contributed by atoms with Crippen molar-refractivity contribution in [3.05, 3.63) is 22.0 Å². The van der Waals surface area contributed by atoms with Gasteiger partial charge in [-0.2, -0.15) is 0 Å². The van der Waals surface area contributed by atoms with Gasteiger partial charge < -0.3 is 10.8 Å². The summed E-state index contributed by atoms with van der Waals surface area (Å²) in [4.78, 5) is 14.7. The minimum Gasteiger partial charge on any atom is -0.476 e. The summed E-state index contributed by atoms with van der Waals surface area (Å²) in [6, 6.07) is 0. The number of nitrogens with two attached hydrogens (primary N) is 1. The molecular weight excluding hydrogens is 216 g/mol. The van der Waals surface area contributed by atoms with Crippen LogP contribution in [0.15, 0.2) is 0 Å². The maximum Gasteiger partial charge on any atom is 0.356 e. The smallest absolute Gasteiger partial charge is 0.356 e. The van der Waals surface area contributed by atoms with Crippen molar-refractivity contribution in [2.24, 2.45) is 0 Å². The van der Waals surface area contributed by atoms with Gasteiger partial charge in [-0.15, -0.1) is 0 Å². The summed E-state index contributed by atoms with van der Waals surface area (Å²) in [6.07, 6.45) is 2.09. The fraction of sp³-hybridized carbons (Fsp3) is 0.400. The van der Waals surface area contributed by atoms with E-state index in [1.807, 2.05) is 6.92 Å². The quantitative estimate of drug-likeness (QED) is 0.758. The Kier molecular flexibility index (Phi) is 2.31. The van der Waals surface area contributed by atoms with E-state index in [1.165, 1.54) is 0 Å². The molecule has 5 heteroatoms. The maximum atomic E-state index is 10.9. The summed E-state index contributed by atoms with van der Waals surface area (Å²) in [6.45, 7) is 1.82. The molecule has 1 heterocycles. The van der Waals surface area contributed by atoms with Crippen molar-refractivity contribution in [3.8, 4) is 0 Å². The van der Waals surface area contributed by atoms with Gasteiger partial charge in [-0.25, -0.2) is 9.78 Å². The number of hydrogen-bond donors (Lipinski definition) is 2. The fourth-order valence-corrected chi connectivity index (χ4v) is 1.93. The molecule has 4 nitrogen and oxygen atoms in total. The van der Waals surface area contributed by atoms with Crippen LogP contribution in [0.1, 0.15) is 40.4 Å². The molecule has 1 aliphatic carbocycles. The van der Waals surface area contributed by atoms with Gasteiger partial charge in [0.25, 0.3) is 0 Å². The lowest BCUT2D eigenvalue weighted by atomic mass is 10.0. The van der Waals surface area contributed by atoms with Crippen molar-refractivity contribution in [2.75, 3.05) is 5.73 Å². The second-order valence-electron chi connectivity index (χ2n) is 3.78. The van der Waals surface area contributed by atoms with Crippen LogP contribution in [0.4, 0.5) is 5.69 Å². The normalized spacial score (nSPS) is 15.3. The minimum atomic E-state index is -1.13. The topological polar surface area (TPSA) is 76.2 Å². The number of carboxylic acid groups (broad SMARTS) is 1. The van der Waals surface area contributed by atoms with Crippen molar-refractivity contribution in [1.82, 2.24) is 4.98 Å². The first-order chi connectivity index (χ1) is 7.02. The molecular formula is C10H11ClN2O2. The molecule has 1 aliphatic rings. The van der Waals surface area contributed by atoms with E-state index in [0.717, 1.165) is 24.0 Å². The standard InChI is InChI=1S/C10H11ClN2O2/c1-4-6(5-2-3-5)7(12)8(10(14)15)13-9(4)11/h5H,2-3,12H2,1H3,(H,14,15). The van der Waals surface area contributed by atoms with Crippen LogP contribution in [0.5, 0.6) is 0 Å². The number of aromatic nitrogens is 1. The number of carboxylic acids is 1. The second-order valence-corrected chi connectivity index (χ2v) is 4.14. The van der Waals surface area contributed by atoms with Gasteiger partial charge >= 0.3 is 5.97 Å². The number of halogens is 1. The number of nitrogens with zero attached hydrogens (tertiary/aromatic N) is 1. The van der Waals surface area contributed by atoms with Gasteiger partial charge in [0.05, 0.1) is 5.69 Å². The Morgan fingerprint density at radius 3 is 2.67 bits per heavy atom. The van der Waals surface area contributed by atoms with Crippen LogP contribution in [-0.2, 0) is 0 Å². The predicted molar refractivity (Wildman–Crippen MR) is 57.3 cm³/mol. The number of hydrogen-bond acceptors (Lipinski definition) is 3. The number of anilines is 1. The number of nitrogen functional groups attached to an aromatic ring is 1. The van der Waals surface area contributed by atoms with E-state index in [-0.39, 0.29) is 16.5 Å². The molecule has 0 radical (unpaired) electrons. The molecule has 15 heavy (non-hydrogen) atoms. The SMILES string of the molecule is Cc1c(Cl)nc(C(=O)O)c(N)c1C1CC1. The van der Waals surface area contributed by atoms with Crippen LogP contribution in [0.3, 0.4) is 0 Å². The van der Waals surface area contributed by atoms with Crippen molar-refractivity contribution >= 4 is 23.3 Å². The van der Waals surface area contributed by atoms with Gasteiger partial charge in [0, 0.05) is 0 Å². The highest BCUT2D eigenvalue weighted by Gasteiger charge is 2.31. The third-order valence-electron chi connectivity index (χ3n) is 2.66. The number of aromatic carboxylic acids is 1. The van der Waals surface area contributed by atoms with E-state index in [0.29, 0.717) is 5.92 Å². The lowest BCUT2D eigenvalue weighted by molar-refractivity contribution is 0.0691. The van der Waals surface area contributed by atoms with Crippen LogP contribution >= 0.6 is 11.6 Å². The largest absolute Gasteiger partial charge is 0.476 e. The second kappa shape index (κ2) is 3.38. The van der Waals surface area contributed by atoms with Crippen LogP contribution in [-0.4, -0.2) is 16.1 Å². The van der Waals surface area contributed by atoms with Crippen molar-refractivity contribution in [2.45, 2.75) is 25.7 Å². The molecule has 1 saturated carbocycles. The van der Waals surface area contributed by atoms with E-state index >= 15 is 0 Å². The van der Waals surface area contributed by atoms with Crippen LogP contribution in [0.2, 0.25) is 5.15 Å². The van der Waals surface area contributed by atoms with Gasteiger partial charge in [0.15, 0.2) is 5.69 Å². The lowest BCUT2D eigenvalue weighted by Gasteiger charge is -2.11. The monoisotopic (exact) mass is 226 g/mol. The van der Waals surface area contributed by atoms with E-state index in [4.69, 9.17) is 22.4 Å². The molecule has 1 fully saturated rings. The molecule has 1 aromatic heterocycles. The first-order valence-corrected chi connectivity index (χ1v) is 5.09. The highest BCUT2D eigenvalue weighted by molar-refractivity contribution is 6.30. The van der Waals surface area contributed by atoms with Gasteiger partial charge in [-0.1, -0.05) is 11.6 Å². The summed E-state index contributed by atoms with van der Waals surface area (Å²) < 4.78 is 0. The lowest BCUT2D eigenvalue weighted by Crippen LogP contribution is -2.10. The summed E-state index contributed by atoms with van der Waals surface area (Å²) >= 11 is 5.88. The van der Waals surface area contributed by atoms with Crippen molar-refractivity contribution in [3.63, 3.8) is 0 Å². The van der Waals surface area contributed by atoms with E-state index in [9.17, 15) is 4.79 Å². The summed E-state index contributed by atoms with van der Waals surface area (Å²) in [7, 11) is 0. The summed E-state index contributed by atoms with van der Waals surface area (Å²) in [5.74, 6) is -0.764. The van der Waals surface area contributed by atoms with Gasteiger partial charge in [-0.3, -0.25) is 0 Å². The Morgan fingerprint density at radius 2 is 2.20 bits per heavy atom. The maximum absolute atomic E-state index is 10.9. The van der Waals surface area contributed by atoms with Gasteiger partial charge in [0.2, 0.25) is 0 Å². The highest BCUT2D eigenvalue weighted by Crippen LogP contribution is 2.46. The zero-order valence-corrected chi connectivity index (χ0v) is 9.01. The van der Waals surface area contributed by atoms with Gasteiger partial charge in [0.1, 0.15) is 5.15 Å².